The number of primary sulfonamides is 1. The lowest BCUT2D eigenvalue weighted by molar-refractivity contribution is -0.142. The van der Waals surface area contributed by atoms with Crippen molar-refractivity contribution < 1.29 is 44.7 Å². The summed E-state index contributed by atoms with van der Waals surface area (Å²) in [6, 6.07) is 3.90. The molecule has 0 saturated heterocycles. The number of sulfonamides is 1. The van der Waals surface area contributed by atoms with Gasteiger partial charge < -0.3 is 10.8 Å². The van der Waals surface area contributed by atoms with Gasteiger partial charge >= 0.3 is 18.3 Å². The predicted molar refractivity (Wildman–Crippen MR) is 118 cm³/mol. The van der Waals surface area contributed by atoms with E-state index < -0.39 is 50.8 Å². The number of carboxylic acid groups (broad SMARTS) is 1. The normalized spacial score (nSPS) is 12.3. The molecule has 0 aliphatic carbocycles. The minimum absolute atomic E-state index is 0.0370. The molecule has 0 aliphatic heterocycles. The summed E-state index contributed by atoms with van der Waals surface area (Å²) in [4.78, 5) is 18.7. The van der Waals surface area contributed by atoms with E-state index in [-0.39, 0.29) is 20.6 Å². The Bertz CT molecular complexity index is 1580. The SMILES string of the molecule is Cc1nc(N)sc1S(N)(=O)=O.O=C(O)c1cnn2c(C(F)(F)F)cc(-c3ccc(C(F)(F)F)cc3)nc12. The molecule has 0 saturated carbocycles. The van der Waals surface area contributed by atoms with Gasteiger partial charge in [0.1, 0.15) is 5.56 Å². The molecule has 0 atom stereocenters. The van der Waals surface area contributed by atoms with E-state index in [1.54, 1.807) is 6.92 Å². The predicted octanol–water partition coefficient (Wildman–Crippen LogP) is 3.81. The van der Waals surface area contributed by atoms with Crippen molar-refractivity contribution in [1.82, 2.24) is 19.6 Å². The summed E-state index contributed by atoms with van der Waals surface area (Å²) in [6.45, 7) is 1.55. The average Bonchev–Trinajstić information content (AvgIpc) is 3.34. The number of rotatable bonds is 3. The Balaban J connectivity index is 0.000000289. The molecular weight excluding hydrogens is 554 g/mol. The summed E-state index contributed by atoms with van der Waals surface area (Å²) >= 11 is 0.875. The molecule has 0 spiro atoms. The average molecular weight is 568 g/mol. The molecular formula is C19H14F6N6O4S2. The number of carbonyl (C=O) groups is 1. The third kappa shape index (κ3) is 6.15. The molecule has 0 amide bonds. The Hall–Kier alpha value is -3.77. The fourth-order valence-corrected chi connectivity index (χ4v) is 4.70. The highest BCUT2D eigenvalue weighted by Gasteiger charge is 2.36. The van der Waals surface area contributed by atoms with Crippen molar-refractivity contribution in [3.63, 3.8) is 0 Å². The van der Waals surface area contributed by atoms with Gasteiger partial charge in [0, 0.05) is 5.56 Å². The summed E-state index contributed by atoms with van der Waals surface area (Å²) in [5.74, 6) is -1.54. The minimum atomic E-state index is -4.89. The van der Waals surface area contributed by atoms with Crippen LogP contribution < -0.4 is 10.9 Å². The zero-order valence-corrected chi connectivity index (χ0v) is 19.8. The van der Waals surface area contributed by atoms with E-state index in [1.807, 2.05) is 0 Å². The molecule has 0 radical (unpaired) electrons. The molecule has 3 heterocycles. The first-order chi connectivity index (χ1) is 16.9. The van der Waals surface area contributed by atoms with Gasteiger partial charge in [-0.15, -0.1) is 0 Å². The van der Waals surface area contributed by atoms with E-state index in [9.17, 15) is 39.6 Å². The van der Waals surface area contributed by atoms with Crippen LogP contribution in [0, 0.1) is 6.92 Å². The minimum Gasteiger partial charge on any atom is -0.477 e. The molecule has 37 heavy (non-hydrogen) atoms. The van der Waals surface area contributed by atoms with Gasteiger partial charge in [-0.05, 0) is 25.1 Å². The standard InChI is InChI=1S/C15H7F6N3O2.C4H7N3O2S2/c16-14(17,18)8-3-1-7(2-4-8)10-5-11(15(19,20)21)24-12(23-10)9(6-22-24)13(25)26;1-2-3(11(6,8)9)10-4(5)7-2/h1-6H,(H,25,26);1H3,(H2,5,7)(H2,6,8,9). The number of aromatic nitrogens is 4. The highest BCUT2D eigenvalue weighted by atomic mass is 32.2. The first kappa shape index (κ1) is 27.8. The molecule has 0 fully saturated rings. The summed E-state index contributed by atoms with van der Waals surface area (Å²) < 4.78 is 99.5. The molecule has 1 aromatic carbocycles. The number of halogens is 6. The van der Waals surface area contributed by atoms with Crippen LogP contribution in [-0.2, 0) is 22.4 Å². The second-order valence-electron chi connectivity index (χ2n) is 7.17. The summed E-state index contributed by atoms with van der Waals surface area (Å²) in [6.07, 6.45) is -8.77. The molecule has 4 rings (SSSR count). The number of nitrogens with zero attached hydrogens (tertiary/aromatic N) is 4. The van der Waals surface area contributed by atoms with Crippen molar-refractivity contribution in [2.45, 2.75) is 23.5 Å². The number of carboxylic acids is 1. The molecule has 0 bridgehead atoms. The van der Waals surface area contributed by atoms with Gasteiger partial charge in [0.2, 0.25) is 10.0 Å². The molecule has 0 aliphatic rings. The van der Waals surface area contributed by atoms with E-state index in [1.165, 1.54) is 0 Å². The zero-order chi connectivity index (χ0) is 27.9. The molecule has 10 nitrogen and oxygen atoms in total. The van der Waals surface area contributed by atoms with Crippen molar-refractivity contribution in [3.8, 4) is 11.3 Å². The van der Waals surface area contributed by atoms with Crippen molar-refractivity contribution in [2.24, 2.45) is 5.14 Å². The first-order valence-electron chi connectivity index (χ1n) is 9.52. The zero-order valence-electron chi connectivity index (χ0n) is 18.2. The van der Waals surface area contributed by atoms with Crippen LogP contribution in [0.15, 0.2) is 40.7 Å². The van der Waals surface area contributed by atoms with Crippen LogP contribution in [0.2, 0.25) is 0 Å². The van der Waals surface area contributed by atoms with Gasteiger partial charge in [0.25, 0.3) is 0 Å². The van der Waals surface area contributed by atoms with E-state index in [0.717, 1.165) is 29.7 Å². The van der Waals surface area contributed by atoms with E-state index in [0.29, 0.717) is 28.4 Å². The van der Waals surface area contributed by atoms with Gasteiger partial charge in [-0.2, -0.15) is 31.4 Å². The molecule has 4 aromatic rings. The van der Waals surface area contributed by atoms with E-state index in [2.05, 4.69) is 15.1 Å². The third-order valence-electron chi connectivity index (χ3n) is 4.53. The van der Waals surface area contributed by atoms with Crippen molar-refractivity contribution >= 4 is 38.1 Å². The van der Waals surface area contributed by atoms with Gasteiger partial charge in [-0.1, -0.05) is 23.5 Å². The van der Waals surface area contributed by atoms with Crippen LogP contribution in [0.5, 0.6) is 0 Å². The van der Waals surface area contributed by atoms with Crippen LogP contribution in [0.1, 0.15) is 27.3 Å². The molecule has 3 aromatic heterocycles. The summed E-state index contributed by atoms with van der Waals surface area (Å²) in [5, 5.41) is 17.5. The maximum Gasteiger partial charge on any atom is 0.433 e. The van der Waals surface area contributed by atoms with E-state index in [4.69, 9.17) is 16.0 Å². The summed E-state index contributed by atoms with van der Waals surface area (Å²) in [7, 11) is -3.64. The quantitative estimate of drug-likeness (QED) is 0.314. The lowest BCUT2D eigenvalue weighted by Gasteiger charge is -2.12. The van der Waals surface area contributed by atoms with Gasteiger partial charge in [-0.25, -0.2) is 32.8 Å². The van der Waals surface area contributed by atoms with Crippen LogP contribution in [0.3, 0.4) is 0 Å². The number of nitrogens with two attached hydrogens (primary N) is 2. The number of alkyl halides is 6. The van der Waals surface area contributed by atoms with Gasteiger partial charge in [0.05, 0.1) is 23.1 Å². The molecule has 5 N–H and O–H groups in total. The largest absolute Gasteiger partial charge is 0.477 e. The monoisotopic (exact) mass is 568 g/mol. The fraction of sp³-hybridized carbons (Fsp3) is 0.158. The smallest absolute Gasteiger partial charge is 0.433 e. The number of hydrogen-bond donors (Lipinski definition) is 3. The Kier molecular flexibility index (Phi) is 7.21. The molecule has 0 unspecified atom stereocenters. The third-order valence-corrected chi connectivity index (χ3v) is 7.07. The number of aryl methyl sites for hydroxylation is 1. The maximum atomic E-state index is 13.3. The molecule has 18 heteroatoms. The Morgan fingerprint density at radius 3 is 2.05 bits per heavy atom. The summed E-state index contributed by atoms with van der Waals surface area (Å²) in [5.41, 5.74) is 1.84. The maximum absolute atomic E-state index is 13.3. The second kappa shape index (κ2) is 9.60. The first-order valence-corrected chi connectivity index (χ1v) is 11.9. The number of nitrogen functional groups attached to an aromatic ring is 1. The lowest BCUT2D eigenvalue weighted by atomic mass is 10.1. The van der Waals surface area contributed by atoms with Crippen LogP contribution in [0.25, 0.3) is 16.9 Å². The highest BCUT2D eigenvalue weighted by molar-refractivity contribution is 7.91. The van der Waals surface area contributed by atoms with Gasteiger partial charge in [-0.3, -0.25) is 0 Å². The number of fused-ring (bicyclic) bond motifs is 1. The topological polar surface area (TPSA) is 167 Å². The van der Waals surface area contributed by atoms with Crippen molar-refractivity contribution in [3.05, 3.63) is 59.0 Å². The van der Waals surface area contributed by atoms with Crippen molar-refractivity contribution in [2.75, 3.05) is 5.73 Å². The number of benzene rings is 1. The number of aromatic carboxylic acids is 1. The fourth-order valence-electron chi connectivity index (χ4n) is 2.96. The Morgan fingerprint density at radius 2 is 1.65 bits per heavy atom. The van der Waals surface area contributed by atoms with E-state index >= 15 is 0 Å². The van der Waals surface area contributed by atoms with Crippen LogP contribution >= 0.6 is 11.3 Å². The number of hydrogen-bond acceptors (Lipinski definition) is 8. The Labute approximate surface area is 207 Å². The Morgan fingerprint density at radius 1 is 1.05 bits per heavy atom. The number of thiazole rings is 1. The number of anilines is 1. The van der Waals surface area contributed by atoms with Crippen molar-refractivity contribution in [1.29, 1.82) is 0 Å². The lowest BCUT2D eigenvalue weighted by Crippen LogP contribution is -2.14. The van der Waals surface area contributed by atoms with Gasteiger partial charge in [0.15, 0.2) is 20.7 Å². The van der Waals surface area contributed by atoms with Crippen LogP contribution in [-0.4, -0.2) is 39.1 Å². The van der Waals surface area contributed by atoms with Crippen LogP contribution in [0.4, 0.5) is 31.5 Å². The second-order valence-corrected chi connectivity index (χ2v) is 9.96. The molecule has 198 valence electrons. The highest BCUT2D eigenvalue weighted by Crippen LogP contribution is 2.34.